The molecule has 41 heavy (non-hydrogen) atoms. The summed E-state index contributed by atoms with van der Waals surface area (Å²) in [5, 5.41) is 3.64. The van der Waals surface area contributed by atoms with E-state index >= 15 is 0 Å². The number of amides is 1. The normalized spacial score (nSPS) is 13.3. The van der Waals surface area contributed by atoms with Gasteiger partial charge in [0.05, 0.1) is 32.3 Å². The minimum absolute atomic E-state index is 0.100. The molecule has 5 rings (SSSR count). The molecule has 4 aromatic rings. The van der Waals surface area contributed by atoms with Crippen molar-refractivity contribution in [1.29, 1.82) is 0 Å². The number of nitrogens with one attached hydrogen (secondary N) is 1. The molecule has 0 spiro atoms. The van der Waals surface area contributed by atoms with Gasteiger partial charge in [0, 0.05) is 10.4 Å². The lowest BCUT2D eigenvalue weighted by molar-refractivity contribution is -0.122. The largest absolute Gasteiger partial charge is 0.493 e. The lowest BCUT2D eigenvalue weighted by Crippen LogP contribution is -2.34. The van der Waals surface area contributed by atoms with Gasteiger partial charge in [-0.3, -0.25) is 9.59 Å². The number of anilines is 1. The number of benzene rings is 2. The smallest absolute Gasteiger partial charge is 0.341 e. The second kappa shape index (κ2) is 12.1. The van der Waals surface area contributed by atoms with Gasteiger partial charge in [0.25, 0.3) is 5.91 Å². The summed E-state index contributed by atoms with van der Waals surface area (Å²) in [6.45, 7) is 1.78. The molecule has 0 radical (unpaired) electrons. The molecule has 0 bridgehead atoms. The third kappa shape index (κ3) is 5.39. The summed E-state index contributed by atoms with van der Waals surface area (Å²) < 4.78 is 28.2. The maximum atomic E-state index is 13.7. The Balaban J connectivity index is 1.54. The Labute approximate surface area is 241 Å². The lowest BCUT2D eigenvalue weighted by atomic mass is 9.95. The molecule has 1 N–H and O–H groups in total. The molecule has 1 aliphatic carbocycles. The molecule has 1 aliphatic rings. The number of esters is 1. The monoisotopic (exact) mass is 577 g/mol. The van der Waals surface area contributed by atoms with Crippen molar-refractivity contribution in [2.24, 2.45) is 0 Å². The number of carbonyl (C=O) groups is 2. The van der Waals surface area contributed by atoms with Crippen molar-refractivity contribution in [3.05, 3.63) is 68.7 Å². The Kier molecular flexibility index (Phi) is 8.30. The zero-order valence-corrected chi connectivity index (χ0v) is 24.1. The van der Waals surface area contributed by atoms with E-state index in [2.05, 4.69) is 5.32 Å². The van der Waals surface area contributed by atoms with Crippen LogP contribution in [0, 0.1) is 0 Å². The van der Waals surface area contributed by atoms with E-state index in [0.29, 0.717) is 38.6 Å². The van der Waals surface area contributed by atoms with Gasteiger partial charge < -0.3 is 28.7 Å². The van der Waals surface area contributed by atoms with E-state index in [4.69, 9.17) is 23.4 Å². The van der Waals surface area contributed by atoms with Crippen LogP contribution in [-0.4, -0.2) is 39.3 Å². The number of hydrogen-bond acceptors (Lipinski definition) is 9. The molecule has 2 heterocycles. The summed E-state index contributed by atoms with van der Waals surface area (Å²) in [6, 6.07) is 11.9. The molecule has 0 aliphatic heterocycles. The number of carbonyl (C=O) groups excluding carboxylic acids is 2. The highest BCUT2D eigenvalue weighted by Gasteiger charge is 2.30. The number of fused-ring (bicyclic) bond motifs is 2. The van der Waals surface area contributed by atoms with E-state index < -0.39 is 23.4 Å². The van der Waals surface area contributed by atoms with E-state index in [-0.39, 0.29) is 17.9 Å². The molecular formula is C31H31NO8S. The predicted octanol–water partition coefficient (Wildman–Crippen LogP) is 6.00. The van der Waals surface area contributed by atoms with Gasteiger partial charge in [-0.25, -0.2) is 4.79 Å². The average molecular weight is 578 g/mol. The third-order valence-electron chi connectivity index (χ3n) is 7.12. The van der Waals surface area contributed by atoms with Crippen molar-refractivity contribution in [2.45, 2.75) is 45.1 Å². The zero-order valence-electron chi connectivity index (χ0n) is 23.3. The van der Waals surface area contributed by atoms with Crippen molar-refractivity contribution in [2.75, 3.05) is 26.6 Å². The van der Waals surface area contributed by atoms with Crippen LogP contribution in [-0.2, 0) is 22.4 Å². The number of para-hydroxylation sites is 1. The minimum atomic E-state index is -1.05. The summed E-state index contributed by atoms with van der Waals surface area (Å²) in [5.41, 5.74) is 1.80. The van der Waals surface area contributed by atoms with Gasteiger partial charge in [-0.1, -0.05) is 19.1 Å². The van der Waals surface area contributed by atoms with E-state index in [1.165, 1.54) is 32.7 Å². The topological polar surface area (TPSA) is 113 Å². The molecule has 1 amide bonds. The predicted molar refractivity (Wildman–Crippen MR) is 157 cm³/mol. The van der Waals surface area contributed by atoms with Crippen molar-refractivity contribution in [1.82, 2.24) is 0 Å². The maximum absolute atomic E-state index is 13.7. The molecular weight excluding hydrogens is 546 g/mol. The van der Waals surface area contributed by atoms with E-state index in [9.17, 15) is 14.4 Å². The number of aryl methyl sites for hydroxylation is 1. The van der Waals surface area contributed by atoms with Gasteiger partial charge >= 0.3 is 5.97 Å². The van der Waals surface area contributed by atoms with Crippen molar-refractivity contribution >= 4 is 39.2 Å². The van der Waals surface area contributed by atoms with Crippen LogP contribution in [0.1, 0.15) is 47.0 Å². The lowest BCUT2D eigenvalue weighted by Gasteiger charge is -2.19. The molecule has 10 heteroatoms. The fourth-order valence-corrected chi connectivity index (χ4v) is 6.31. The van der Waals surface area contributed by atoms with Gasteiger partial charge in [0.2, 0.25) is 11.2 Å². The Bertz CT molecular complexity index is 1670. The first-order chi connectivity index (χ1) is 19.9. The van der Waals surface area contributed by atoms with E-state index in [1.54, 1.807) is 49.4 Å². The van der Waals surface area contributed by atoms with Crippen LogP contribution in [0.2, 0.25) is 0 Å². The van der Waals surface area contributed by atoms with Crippen LogP contribution < -0.4 is 25.0 Å². The van der Waals surface area contributed by atoms with Gasteiger partial charge in [0.15, 0.2) is 23.4 Å². The van der Waals surface area contributed by atoms with E-state index in [0.717, 1.165) is 36.1 Å². The van der Waals surface area contributed by atoms with E-state index in [1.807, 2.05) is 0 Å². The van der Waals surface area contributed by atoms with Gasteiger partial charge in [-0.15, -0.1) is 11.3 Å². The zero-order chi connectivity index (χ0) is 29.1. The molecule has 2 aromatic carbocycles. The second-order valence-corrected chi connectivity index (χ2v) is 10.7. The first-order valence-corrected chi connectivity index (χ1v) is 14.2. The first-order valence-electron chi connectivity index (χ1n) is 13.4. The van der Waals surface area contributed by atoms with Crippen LogP contribution in [0.25, 0.3) is 22.3 Å². The molecule has 0 fully saturated rings. The van der Waals surface area contributed by atoms with Crippen LogP contribution >= 0.6 is 11.3 Å². The Morgan fingerprint density at radius 1 is 1.02 bits per heavy atom. The molecule has 0 saturated carbocycles. The molecule has 2 aromatic heterocycles. The Morgan fingerprint density at radius 3 is 2.51 bits per heavy atom. The van der Waals surface area contributed by atoms with Crippen molar-refractivity contribution in [3.63, 3.8) is 0 Å². The molecule has 9 nitrogen and oxygen atoms in total. The summed E-state index contributed by atoms with van der Waals surface area (Å²) in [5.74, 6) is 0.0299. The minimum Gasteiger partial charge on any atom is -0.493 e. The van der Waals surface area contributed by atoms with Crippen LogP contribution in [0.15, 0.2) is 51.7 Å². The first kappa shape index (κ1) is 28.2. The number of rotatable bonds is 9. The summed E-state index contributed by atoms with van der Waals surface area (Å²) in [6.07, 6.45) is 2.80. The molecule has 1 atom stereocenters. The highest BCUT2D eigenvalue weighted by atomic mass is 32.1. The van der Waals surface area contributed by atoms with Crippen molar-refractivity contribution in [3.8, 4) is 28.6 Å². The summed E-state index contributed by atoms with van der Waals surface area (Å²) >= 11 is 1.39. The van der Waals surface area contributed by atoms with Gasteiger partial charge in [-0.2, -0.15) is 0 Å². The SMILES string of the molecule is CCC(Oc1c(-c2ccc(OC)c(OC)c2)oc2ccccc2c1=O)C(=O)Nc1sc2c(c1C(=O)OC)CCCC2. The number of ether oxygens (including phenoxy) is 4. The Hall–Kier alpha value is -4.31. The maximum Gasteiger partial charge on any atom is 0.341 e. The van der Waals surface area contributed by atoms with Gasteiger partial charge in [0.1, 0.15) is 10.6 Å². The quantitative estimate of drug-likeness (QED) is 0.241. The summed E-state index contributed by atoms with van der Waals surface area (Å²) in [4.78, 5) is 41.0. The summed E-state index contributed by atoms with van der Waals surface area (Å²) in [7, 11) is 4.37. The fourth-order valence-electron chi connectivity index (χ4n) is 5.03. The number of hydrogen-bond donors (Lipinski definition) is 1. The molecule has 1 unspecified atom stereocenters. The molecule has 214 valence electrons. The molecule has 0 saturated heterocycles. The highest BCUT2D eigenvalue weighted by Crippen LogP contribution is 2.40. The van der Waals surface area contributed by atoms with Crippen LogP contribution in [0.3, 0.4) is 0 Å². The number of methoxy groups -OCH3 is 3. The highest BCUT2D eigenvalue weighted by molar-refractivity contribution is 7.17. The van der Waals surface area contributed by atoms with Gasteiger partial charge in [-0.05, 0) is 68.0 Å². The van der Waals surface area contributed by atoms with Crippen LogP contribution in [0.5, 0.6) is 17.2 Å². The van der Waals surface area contributed by atoms with Crippen molar-refractivity contribution < 1.29 is 33.0 Å². The number of thiophene rings is 1. The third-order valence-corrected chi connectivity index (χ3v) is 8.33. The Morgan fingerprint density at radius 2 is 1.78 bits per heavy atom. The standard InChI is InChI=1S/C31H31NO8S/c1-5-20(29(34)32-30-25(31(35)38-4)19-11-7-9-13-24(19)41-30)39-28-26(33)18-10-6-8-12-21(18)40-27(28)17-14-15-22(36-2)23(16-17)37-3/h6,8,10,12,14-16,20H,5,7,9,11,13H2,1-4H3,(H,32,34). The fraction of sp³-hybridized carbons (Fsp3) is 0.323. The average Bonchev–Trinajstić information content (AvgIpc) is 3.37. The van der Waals surface area contributed by atoms with Crippen LogP contribution in [0.4, 0.5) is 5.00 Å². The second-order valence-electron chi connectivity index (χ2n) is 9.57.